The summed E-state index contributed by atoms with van der Waals surface area (Å²) in [6, 6.07) is 3.57. The van der Waals surface area contributed by atoms with Crippen molar-refractivity contribution in [2.75, 3.05) is 32.6 Å². The molecule has 1 unspecified atom stereocenters. The first-order chi connectivity index (χ1) is 8.54. The number of ether oxygens (including phenoxy) is 1. The lowest BCUT2D eigenvalue weighted by atomic mass is 10.2. The SMILES string of the molecule is CCOC(C)CNc1ccc(C(=O)N(C)C)cn1. The van der Waals surface area contributed by atoms with Gasteiger partial charge in [0.25, 0.3) is 5.91 Å². The Labute approximate surface area is 108 Å². The molecule has 0 bridgehead atoms. The second kappa shape index (κ2) is 6.96. The van der Waals surface area contributed by atoms with Crippen LogP contribution in [-0.2, 0) is 4.74 Å². The predicted octanol–water partition coefficient (Wildman–Crippen LogP) is 1.62. The first-order valence-corrected chi connectivity index (χ1v) is 6.07. The number of aromatic nitrogens is 1. The third-order valence-corrected chi connectivity index (χ3v) is 2.44. The van der Waals surface area contributed by atoms with Crippen molar-refractivity contribution in [2.45, 2.75) is 20.0 Å². The average Bonchev–Trinajstić information content (AvgIpc) is 2.36. The van der Waals surface area contributed by atoms with Crippen LogP contribution in [0.2, 0.25) is 0 Å². The Morgan fingerprint density at radius 3 is 2.72 bits per heavy atom. The van der Waals surface area contributed by atoms with Crippen LogP contribution in [0.4, 0.5) is 5.82 Å². The number of nitrogens with one attached hydrogen (secondary N) is 1. The maximum Gasteiger partial charge on any atom is 0.254 e. The lowest BCUT2D eigenvalue weighted by Gasteiger charge is -2.13. The molecule has 0 aromatic carbocycles. The largest absolute Gasteiger partial charge is 0.377 e. The zero-order chi connectivity index (χ0) is 13.5. The van der Waals surface area contributed by atoms with E-state index in [2.05, 4.69) is 10.3 Å². The van der Waals surface area contributed by atoms with Gasteiger partial charge in [0.15, 0.2) is 0 Å². The molecule has 0 saturated heterocycles. The first-order valence-electron chi connectivity index (χ1n) is 6.07. The van der Waals surface area contributed by atoms with E-state index >= 15 is 0 Å². The third kappa shape index (κ3) is 4.33. The van der Waals surface area contributed by atoms with E-state index in [9.17, 15) is 4.79 Å². The van der Waals surface area contributed by atoms with Crippen molar-refractivity contribution in [1.82, 2.24) is 9.88 Å². The molecule has 0 saturated carbocycles. The number of amides is 1. The number of hydrogen-bond donors (Lipinski definition) is 1. The summed E-state index contributed by atoms with van der Waals surface area (Å²) in [5.41, 5.74) is 0.586. The van der Waals surface area contributed by atoms with Crippen molar-refractivity contribution >= 4 is 11.7 Å². The highest BCUT2D eigenvalue weighted by Gasteiger charge is 2.08. The van der Waals surface area contributed by atoms with Gasteiger partial charge in [-0.3, -0.25) is 4.79 Å². The predicted molar refractivity (Wildman–Crippen MR) is 71.8 cm³/mol. The van der Waals surface area contributed by atoms with E-state index in [1.807, 2.05) is 13.8 Å². The molecule has 5 nitrogen and oxygen atoms in total. The number of carbonyl (C=O) groups is 1. The first kappa shape index (κ1) is 14.4. The van der Waals surface area contributed by atoms with Crippen LogP contribution in [0.25, 0.3) is 0 Å². The van der Waals surface area contributed by atoms with Gasteiger partial charge in [0.2, 0.25) is 0 Å². The van der Waals surface area contributed by atoms with Gasteiger partial charge in [-0.2, -0.15) is 0 Å². The van der Waals surface area contributed by atoms with E-state index in [1.165, 1.54) is 4.90 Å². The molecule has 1 atom stereocenters. The molecule has 1 N–H and O–H groups in total. The van der Waals surface area contributed by atoms with Crippen LogP contribution in [0.3, 0.4) is 0 Å². The molecule has 0 aliphatic carbocycles. The Kier molecular flexibility index (Phi) is 5.58. The molecule has 0 aliphatic rings. The van der Waals surface area contributed by atoms with Crippen LogP contribution in [0.15, 0.2) is 18.3 Å². The summed E-state index contributed by atoms with van der Waals surface area (Å²) in [7, 11) is 3.44. The molecule has 1 rings (SSSR count). The number of nitrogens with zero attached hydrogens (tertiary/aromatic N) is 2. The molecule has 0 fully saturated rings. The third-order valence-electron chi connectivity index (χ3n) is 2.44. The van der Waals surface area contributed by atoms with E-state index in [1.54, 1.807) is 32.4 Å². The Balaban J connectivity index is 2.53. The number of carbonyl (C=O) groups excluding carboxylic acids is 1. The van der Waals surface area contributed by atoms with Gasteiger partial charge in [-0.05, 0) is 26.0 Å². The van der Waals surface area contributed by atoms with Crippen LogP contribution < -0.4 is 5.32 Å². The second-order valence-electron chi connectivity index (χ2n) is 4.28. The van der Waals surface area contributed by atoms with Crippen LogP contribution in [0.1, 0.15) is 24.2 Å². The van der Waals surface area contributed by atoms with Crippen molar-refractivity contribution in [3.63, 3.8) is 0 Å². The fourth-order valence-corrected chi connectivity index (χ4v) is 1.47. The van der Waals surface area contributed by atoms with E-state index in [0.29, 0.717) is 18.7 Å². The Bertz CT molecular complexity index is 376. The molecule has 1 aromatic heterocycles. The maximum atomic E-state index is 11.7. The molecular weight excluding hydrogens is 230 g/mol. The van der Waals surface area contributed by atoms with Gasteiger partial charge in [-0.25, -0.2) is 4.98 Å². The van der Waals surface area contributed by atoms with E-state index < -0.39 is 0 Å². The fourth-order valence-electron chi connectivity index (χ4n) is 1.47. The lowest BCUT2D eigenvalue weighted by molar-refractivity contribution is 0.0826. The standard InChI is InChI=1S/C13H21N3O2/c1-5-18-10(2)8-14-12-7-6-11(9-15-12)13(17)16(3)4/h6-7,9-10H,5,8H2,1-4H3,(H,14,15). The molecule has 0 aliphatic heterocycles. The zero-order valence-electron chi connectivity index (χ0n) is 11.4. The maximum absolute atomic E-state index is 11.7. The fraction of sp³-hybridized carbons (Fsp3) is 0.538. The van der Waals surface area contributed by atoms with Gasteiger partial charge < -0.3 is 15.0 Å². The lowest BCUT2D eigenvalue weighted by Crippen LogP contribution is -2.22. The van der Waals surface area contributed by atoms with Gasteiger partial charge in [0.05, 0.1) is 11.7 Å². The summed E-state index contributed by atoms with van der Waals surface area (Å²) in [5, 5.41) is 3.16. The normalized spacial score (nSPS) is 12.0. The topological polar surface area (TPSA) is 54.5 Å². The van der Waals surface area contributed by atoms with E-state index in [0.717, 1.165) is 5.82 Å². The molecule has 18 heavy (non-hydrogen) atoms. The van der Waals surface area contributed by atoms with Gasteiger partial charge in [-0.15, -0.1) is 0 Å². The Morgan fingerprint density at radius 1 is 1.50 bits per heavy atom. The highest BCUT2D eigenvalue weighted by Crippen LogP contribution is 2.07. The molecule has 100 valence electrons. The Morgan fingerprint density at radius 2 is 2.22 bits per heavy atom. The number of hydrogen-bond acceptors (Lipinski definition) is 4. The molecule has 0 radical (unpaired) electrons. The quantitative estimate of drug-likeness (QED) is 0.834. The summed E-state index contributed by atoms with van der Waals surface area (Å²) >= 11 is 0. The molecule has 1 heterocycles. The van der Waals surface area contributed by atoms with Crippen LogP contribution in [-0.4, -0.2) is 49.1 Å². The smallest absolute Gasteiger partial charge is 0.254 e. The van der Waals surface area contributed by atoms with E-state index in [-0.39, 0.29) is 12.0 Å². The highest BCUT2D eigenvalue weighted by molar-refractivity contribution is 5.93. The van der Waals surface area contributed by atoms with Crippen LogP contribution >= 0.6 is 0 Å². The van der Waals surface area contributed by atoms with E-state index in [4.69, 9.17) is 4.74 Å². The van der Waals surface area contributed by atoms with Crippen molar-refractivity contribution < 1.29 is 9.53 Å². The summed E-state index contributed by atoms with van der Waals surface area (Å²) in [5.74, 6) is 0.702. The van der Waals surface area contributed by atoms with Crippen LogP contribution in [0, 0.1) is 0 Å². The molecule has 1 amide bonds. The number of pyridine rings is 1. The molecular formula is C13H21N3O2. The van der Waals surface area contributed by atoms with Crippen molar-refractivity contribution in [3.8, 4) is 0 Å². The monoisotopic (exact) mass is 251 g/mol. The zero-order valence-corrected chi connectivity index (χ0v) is 11.4. The van der Waals surface area contributed by atoms with Gasteiger partial charge in [0.1, 0.15) is 5.82 Å². The minimum atomic E-state index is -0.0447. The molecule has 1 aromatic rings. The summed E-state index contributed by atoms with van der Waals surface area (Å²) in [6.45, 7) is 5.37. The van der Waals surface area contributed by atoms with Crippen molar-refractivity contribution in [2.24, 2.45) is 0 Å². The number of anilines is 1. The van der Waals surface area contributed by atoms with Gasteiger partial charge in [-0.1, -0.05) is 0 Å². The van der Waals surface area contributed by atoms with Gasteiger partial charge in [0, 0.05) is 33.4 Å². The minimum absolute atomic E-state index is 0.0447. The Hall–Kier alpha value is -1.62. The summed E-state index contributed by atoms with van der Waals surface area (Å²) < 4.78 is 5.41. The summed E-state index contributed by atoms with van der Waals surface area (Å²) in [4.78, 5) is 17.4. The minimum Gasteiger partial charge on any atom is -0.377 e. The second-order valence-corrected chi connectivity index (χ2v) is 4.28. The number of rotatable bonds is 6. The average molecular weight is 251 g/mol. The van der Waals surface area contributed by atoms with Crippen molar-refractivity contribution in [3.05, 3.63) is 23.9 Å². The molecule has 0 spiro atoms. The van der Waals surface area contributed by atoms with Gasteiger partial charge >= 0.3 is 0 Å². The van der Waals surface area contributed by atoms with Crippen molar-refractivity contribution in [1.29, 1.82) is 0 Å². The summed E-state index contributed by atoms with van der Waals surface area (Å²) in [6.07, 6.45) is 1.72. The highest BCUT2D eigenvalue weighted by atomic mass is 16.5. The molecule has 5 heteroatoms. The van der Waals surface area contributed by atoms with Crippen LogP contribution in [0.5, 0.6) is 0 Å².